The summed E-state index contributed by atoms with van der Waals surface area (Å²) in [5.74, 6) is 1.70. The van der Waals surface area contributed by atoms with E-state index in [0.29, 0.717) is 0 Å². The summed E-state index contributed by atoms with van der Waals surface area (Å²) in [6.45, 7) is 3.76. The van der Waals surface area contributed by atoms with Gasteiger partial charge in [-0.3, -0.25) is 14.5 Å². The Morgan fingerprint density at radius 3 is 2.62 bits per heavy atom. The van der Waals surface area contributed by atoms with Gasteiger partial charge in [-0.15, -0.1) is 6.42 Å². The first-order valence-corrected chi connectivity index (χ1v) is 7.27. The molecule has 0 aromatic rings. The van der Waals surface area contributed by atoms with Gasteiger partial charge in [0.1, 0.15) is 12.1 Å². The van der Waals surface area contributed by atoms with Crippen LogP contribution in [0.3, 0.4) is 0 Å². The Morgan fingerprint density at radius 1 is 1.43 bits per heavy atom. The monoisotopic (exact) mass is 291 g/mol. The smallest absolute Gasteiger partial charge is 0.325 e. The maximum absolute atomic E-state index is 12.7. The average Bonchev–Trinajstić information content (AvgIpc) is 2.69. The molecule has 1 saturated carbocycles. The molecule has 0 aromatic heterocycles. The molecule has 2 atom stereocenters. The normalized spacial score (nSPS) is 32.0. The van der Waals surface area contributed by atoms with Gasteiger partial charge in [-0.2, -0.15) is 0 Å². The maximum atomic E-state index is 12.7. The zero-order valence-electron chi connectivity index (χ0n) is 12.4. The molecule has 6 nitrogen and oxygen atoms in total. The van der Waals surface area contributed by atoms with Crippen molar-refractivity contribution in [1.29, 1.82) is 0 Å². The lowest BCUT2D eigenvalue weighted by Gasteiger charge is -2.42. The third-order valence-corrected chi connectivity index (χ3v) is 4.68. The van der Waals surface area contributed by atoms with E-state index in [0.717, 1.165) is 24.2 Å². The predicted octanol–water partition coefficient (Wildman–Crippen LogP) is 0.482. The van der Waals surface area contributed by atoms with Gasteiger partial charge in [0, 0.05) is 0 Å². The van der Waals surface area contributed by atoms with Crippen LogP contribution >= 0.6 is 0 Å². The number of hydrogen-bond acceptors (Lipinski definition) is 3. The van der Waals surface area contributed by atoms with Crippen molar-refractivity contribution >= 4 is 17.8 Å². The second-order valence-electron chi connectivity index (χ2n) is 5.90. The van der Waals surface area contributed by atoms with Gasteiger partial charge in [0.05, 0.1) is 6.54 Å². The molecule has 1 spiro atoms. The zero-order chi connectivity index (χ0) is 15.6. The number of terminal acetylenes is 1. The first kappa shape index (κ1) is 15.4. The molecular formula is C15H21N3O3. The summed E-state index contributed by atoms with van der Waals surface area (Å²) in [7, 11) is 0. The second kappa shape index (κ2) is 5.76. The summed E-state index contributed by atoms with van der Waals surface area (Å²) < 4.78 is 0. The highest BCUT2D eigenvalue weighted by molar-refractivity contribution is 6.09. The Hall–Kier alpha value is -2.03. The number of urea groups is 1. The van der Waals surface area contributed by atoms with Crippen molar-refractivity contribution in [3.8, 4) is 12.3 Å². The summed E-state index contributed by atoms with van der Waals surface area (Å²) in [5.41, 5.74) is -0.859. The molecule has 0 bridgehead atoms. The maximum Gasteiger partial charge on any atom is 0.325 e. The highest BCUT2D eigenvalue weighted by atomic mass is 16.2. The van der Waals surface area contributed by atoms with Gasteiger partial charge >= 0.3 is 6.03 Å². The van der Waals surface area contributed by atoms with E-state index in [1.54, 1.807) is 0 Å². The van der Waals surface area contributed by atoms with Crippen LogP contribution in [0.25, 0.3) is 0 Å². The molecule has 0 radical (unpaired) electrons. The molecule has 2 unspecified atom stereocenters. The van der Waals surface area contributed by atoms with E-state index < -0.39 is 17.5 Å². The number of rotatable bonds is 3. The van der Waals surface area contributed by atoms with Crippen LogP contribution in [-0.4, -0.2) is 41.4 Å². The number of amides is 4. The fraction of sp³-hybridized carbons (Fsp3) is 0.667. The molecule has 1 aliphatic carbocycles. The minimum atomic E-state index is -0.859. The van der Waals surface area contributed by atoms with E-state index in [9.17, 15) is 14.4 Å². The van der Waals surface area contributed by atoms with Gasteiger partial charge < -0.3 is 10.6 Å². The van der Waals surface area contributed by atoms with Crippen LogP contribution in [0.4, 0.5) is 4.79 Å². The van der Waals surface area contributed by atoms with Gasteiger partial charge in [0.25, 0.3) is 5.91 Å². The van der Waals surface area contributed by atoms with Crippen LogP contribution in [0, 0.1) is 24.2 Å². The Balaban J connectivity index is 2.16. The SMILES string of the molecule is C#CCNC(=O)CN1C(=O)NC2(C1=O)C(C)CCCC2C. The molecule has 6 heteroatoms. The van der Waals surface area contributed by atoms with E-state index >= 15 is 0 Å². The Morgan fingerprint density at radius 2 is 2.05 bits per heavy atom. The number of nitrogens with zero attached hydrogens (tertiary/aromatic N) is 1. The second-order valence-corrected chi connectivity index (χ2v) is 5.90. The van der Waals surface area contributed by atoms with Crippen molar-refractivity contribution in [2.45, 2.75) is 38.6 Å². The molecule has 1 aliphatic heterocycles. The third kappa shape index (κ3) is 2.48. The topological polar surface area (TPSA) is 78.5 Å². The van der Waals surface area contributed by atoms with Crippen LogP contribution in [0.15, 0.2) is 0 Å². The van der Waals surface area contributed by atoms with Gasteiger partial charge in [0.15, 0.2) is 0 Å². The van der Waals surface area contributed by atoms with Crippen molar-refractivity contribution in [2.75, 3.05) is 13.1 Å². The highest BCUT2D eigenvalue weighted by Gasteiger charge is 2.58. The molecule has 2 aliphatic rings. The predicted molar refractivity (Wildman–Crippen MR) is 77.0 cm³/mol. The third-order valence-electron chi connectivity index (χ3n) is 4.68. The van der Waals surface area contributed by atoms with Gasteiger partial charge in [-0.25, -0.2) is 4.79 Å². The molecule has 1 saturated heterocycles. The van der Waals surface area contributed by atoms with Crippen LogP contribution in [0.2, 0.25) is 0 Å². The van der Waals surface area contributed by atoms with Gasteiger partial charge in [0.2, 0.25) is 5.91 Å². The Labute approximate surface area is 124 Å². The molecule has 2 N–H and O–H groups in total. The Bertz CT molecular complexity index is 499. The Kier molecular flexibility index (Phi) is 4.21. The highest BCUT2D eigenvalue weighted by Crippen LogP contribution is 2.41. The number of imide groups is 1. The molecule has 114 valence electrons. The van der Waals surface area contributed by atoms with E-state index in [1.807, 2.05) is 13.8 Å². The van der Waals surface area contributed by atoms with Gasteiger partial charge in [-0.1, -0.05) is 26.2 Å². The van der Waals surface area contributed by atoms with Crippen molar-refractivity contribution in [2.24, 2.45) is 11.8 Å². The number of nitrogens with one attached hydrogen (secondary N) is 2. The lowest BCUT2D eigenvalue weighted by Crippen LogP contribution is -2.59. The van der Waals surface area contributed by atoms with Crippen molar-refractivity contribution in [1.82, 2.24) is 15.5 Å². The molecule has 0 aromatic carbocycles. The summed E-state index contributed by atoms with van der Waals surface area (Å²) in [6, 6.07) is -0.489. The van der Waals surface area contributed by atoms with E-state index in [4.69, 9.17) is 6.42 Å². The minimum absolute atomic E-state index is 0.0662. The number of carbonyl (C=O) groups excluding carboxylic acids is 3. The molecule has 21 heavy (non-hydrogen) atoms. The average molecular weight is 291 g/mol. The van der Waals surface area contributed by atoms with Crippen LogP contribution in [0.1, 0.15) is 33.1 Å². The molecule has 4 amide bonds. The summed E-state index contributed by atoms with van der Waals surface area (Å²) >= 11 is 0. The van der Waals surface area contributed by atoms with Crippen molar-refractivity contribution in [3.63, 3.8) is 0 Å². The van der Waals surface area contributed by atoms with Crippen molar-refractivity contribution in [3.05, 3.63) is 0 Å². The standard InChI is InChI=1S/C15H21N3O3/c1-4-8-16-12(19)9-18-13(20)15(17-14(18)21)10(2)6-5-7-11(15)3/h1,10-11H,5-9H2,2-3H3,(H,16,19)(H,17,21). The van der Waals surface area contributed by atoms with Crippen molar-refractivity contribution < 1.29 is 14.4 Å². The lowest BCUT2D eigenvalue weighted by molar-refractivity contribution is -0.139. The largest absolute Gasteiger partial charge is 0.344 e. The van der Waals surface area contributed by atoms with Crippen LogP contribution < -0.4 is 10.6 Å². The number of carbonyl (C=O) groups is 3. The summed E-state index contributed by atoms with van der Waals surface area (Å²) in [6.07, 6.45) is 7.91. The molecule has 2 rings (SSSR count). The van der Waals surface area contributed by atoms with Crippen LogP contribution in [0.5, 0.6) is 0 Å². The summed E-state index contributed by atoms with van der Waals surface area (Å²) in [4.78, 5) is 37.6. The molecule has 1 heterocycles. The minimum Gasteiger partial charge on any atom is -0.344 e. The van der Waals surface area contributed by atoms with E-state index in [2.05, 4.69) is 16.6 Å². The fourth-order valence-electron chi connectivity index (χ4n) is 3.45. The van der Waals surface area contributed by atoms with Gasteiger partial charge in [-0.05, 0) is 24.7 Å². The molecule has 2 fully saturated rings. The van der Waals surface area contributed by atoms with E-state index in [1.165, 1.54) is 0 Å². The van der Waals surface area contributed by atoms with Crippen LogP contribution in [-0.2, 0) is 9.59 Å². The zero-order valence-corrected chi connectivity index (χ0v) is 12.4. The quantitative estimate of drug-likeness (QED) is 0.586. The lowest BCUT2D eigenvalue weighted by atomic mass is 9.67. The van der Waals surface area contributed by atoms with E-state index in [-0.39, 0.29) is 30.8 Å². The summed E-state index contributed by atoms with van der Waals surface area (Å²) in [5, 5.41) is 5.31. The molecular weight excluding hydrogens is 270 g/mol. The number of hydrogen-bond donors (Lipinski definition) is 2. The first-order valence-electron chi connectivity index (χ1n) is 7.27. The fourth-order valence-corrected chi connectivity index (χ4v) is 3.45. The first-order chi connectivity index (χ1) is 9.93.